The number of aryl methyl sites for hydroxylation is 1. The predicted octanol–water partition coefficient (Wildman–Crippen LogP) is 1.84. The molecule has 4 nitrogen and oxygen atoms in total. The minimum absolute atomic E-state index is 0.132. The molecule has 2 aromatic rings. The Hall–Kier alpha value is -1.81. The fraction of sp³-hybridized carbons (Fsp3) is 0.400. The summed E-state index contributed by atoms with van der Waals surface area (Å²) in [5, 5.41) is 1.03. The fourth-order valence-corrected chi connectivity index (χ4v) is 2.62. The molecule has 19 heavy (non-hydrogen) atoms. The number of amides is 1. The Bertz CT molecular complexity index is 618. The number of benzene rings is 1. The smallest absolute Gasteiger partial charge is 0.227 e. The van der Waals surface area contributed by atoms with E-state index >= 15 is 0 Å². The van der Waals surface area contributed by atoms with Crippen molar-refractivity contribution in [3.8, 4) is 0 Å². The SMILES string of the molecule is Cc1ccc2c(CC(=O)N3CCC(N)C3)coc2c1. The Balaban J connectivity index is 1.80. The second-order valence-corrected chi connectivity index (χ2v) is 5.33. The highest BCUT2D eigenvalue weighted by Crippen LogP contribution is 2.23. The van der Waals surface area contributed by atoms with Gasteiger partial charge in [-0.2, -0.15) is 0 Å². The van der Waals surface area contributed by atoms with Crippen molar-refractivity contribution in [1.82, 2.24) is 4.90 Å². The van der Waals surface area contributed by atoms with Crippen molar-refractivity contribution >= 4 is 16.9 Å². The molecule has 0 aliphatic carbocycles. The summed E-state index contributed by atoms with van der Waals surface area (Å²) in [4.78, 5) is 14.0. The minimum atomic E-state index is 0.132. The minimum Gasteiger partial charge on any atom is -0.464 e. The van der Waals surface area contributed by atoms with Gasteiger partial charge in [-0.15, -0.1) is 0 Å². The van der Waals surface area contributed by atoms with Gasteiger partial charge in [-0.25, -0.2) is 0 Å². The number of hydrogen-bond donors (Lipinski definition) is 1. The van der Waals surface area contributed by atoms with Crippen LogP contribution in [-0.2, 0) is 11.2 Å². The van der Waals surface area contributed by atoms with Crippen LogP contribution in [0.4, 0.5) is 0 Å². The molecule has 1 aliphatic heterocycles. The number of rotatable bonds is 2. The lowest BCUT2D eigenvalue weighted by molar-refractivity contribution is -0.129. The third kappa shape index (κ3) is 2.36. The van der Waals surface area contributed by atoms with Gasteiger partial charge in [-0.1, -0.05) is 12.1 Å². The highest BCUT2D eigenvalue weighted by atomic mass is 16.3. The molecule has 1 aromatic carbocycles. The van der Waals surface area contributed by atoms with Gasteiger partial charge in [0.25, 0.3) is 0 Å². The lowest BCUT2D eigenvalue weighted by Crippen LogP contribution is -2.32. The molecule has 1 unspecified atom stereocenters. The standard InChI is InChI=1S/C15H18N2O2/c1-10-2-3-13-11(9-19-14(13)6-10)7-15(18)17-5-4-12(16)8-17/h2-3,6,9,12H,4-5,7-8,16H2,1H3. The summed E-state index contributed by atoms with van der Waals surface area (Å²) in [5.74, 6) is 0.135. The molecule has 1 fully saturated rings. The zero-order valence-corrected chi connectivity index (χ0v) is 11.1. The Morgan fingerprint density at radius 2 is 2.37 bits per heavy atom. The lowest BCUT2D eigenvalue weighted by atomic mass is 10.1. The Morgan fingerprint density at radius 3 is 3.11 bits per heavy atom. The van der Waals surface area contributed by atoms with Gasteiger partial charge in [0.05, 0.1) is 12.7 Å². The molecular formula is C15H18N2O2. The topological polar surface area (TPSA) is 59.5 Å². The van der Waals surface area contributed by atoms with Gasteiger partial charge in [-0.05, 0) is 25.0 Å². The van der Waals surface area contributed by atoms with Gasteiger partial charge in [0, 0.05) is 30.1 Å². The Morgan fingerprint density at radius 1 is 1.53 bits per heavy atom. The van der Waals surface area contributed by atoms with Crippen molar-refractivity contribution in [2.24, 2.45) is 5.73 Å². The molecule has 0 radical (unpaired) electrons. The third-order valence-corrected chi connectivity index (χ3v) is 3.73. The molecule has 0 spiro atoms. The van der Waals surface area contributed by atoms with E-state index < -0.39 is 0 Å². The van der Waals surface area contributed by atoms with Crippen LogP contribution >= 0.6 is 0 Å². The first kappa shape index (κ1) is 12.2. The zero-order valence-electron chi connectivity index (χ0n) is 11.1. The first-order chi connectivity index (χ1) is 9.13. The molecule has 1 amide bonds. The van der Waals surface area contributed by atoms with E-state index in [-0.39, 0.29) is 11.9 Å². The number of nitrogens with two attached hydrogens (primary N) is 1. The molecule has 3 rings (SSSR count). The highest BCUT2D eigenvalue weighted by Gasteiger charge is 2.24. The van der Waals surface area contributed by atoms with E-state index in [4.69, 9.17) is 10.2 Å². The van der Waals surface area contributed by atoms with Gasteiger partial charge in [0.1, 0.15) is 5.58 Å². The van der Waals surface area contributed by atoms with Crippen LogP contribution < -0.4 is 5.73 Å². The van der Waals surface area contributed by atoms with E-state index in [1.54, 1.807) is 6.26 Å². The first-order valence-electron chi connectivity index (χ1n) is 6.63. The molecular weight excluding hydrogens is 240 g/mol. The normalized spacial score (nSPS) is 19.3. The molecule has 1 aromatic heterocycles. The van der Waals surface area contributed by atoms with E-state index in [2.05, 4.69) is 0 Å². The number of hydrogen-bond acceptors (Lipinski definition) is 3. The highest BCUT2D eigenvalue weighted by molar-refractivity contribution is 5.88. The molecule has 2 heterocycles. The second kappa shape index (κ2) is 4.70. The molecule has 1 atom stereocenters. The quantitative estimate of drug-likeness (QED) is 0.894. The average molecular weight is 258 g/mol. The van der Waals surface area contributed by atoms with Crippen LogP contribution in [0.2, 0.25) is 0 Å². The van der Waals surface area contributed by atoms with Crippen molar-refractivity contribution in [2.45, 2.75) is 25.8 Å². The summed E-state index contributed by atoms with van der Waals surface area (Å²) in [6.45, 7) is 3.47. The van der Waals surface area contributed by atoms with Crippen molar-refractivity contribution in [3.05, 3.63) is 35.6 Å². The predicted molar refractivity (Wildman–Crippen MR) is 73.8 cm³/mol. The molecule has 100 valence electrons. The first-order valence-corrected chi connectivity index (χ1v) is 6.63. The van der Waals surface area contributed by atoms with Crippen molar-refractivity contribution < 1.29 is 9.21 Å². The Labute approximate surface area is 112 Å². The number of fused-ring (bicyclic) bond motifs is 1. The van der Waals surface area contributed by atoms with Crippen LogP contribution in [0.1, 0.15) is 17.5 Å². The van der Waals surface area contributed by atoms with Gasteiger partial charge < -0.3 is 15.1 Å². The number of nitrogens with zero attached hydrogens (tertiary/aromatic N) is 1. The molecule has 1 aliphatic rings. The Kier molecular flexibility index (Phi) is 3.03. The number of carbonyl (C=O) groups excluding carboxylic acids is 1. The zero-order chi connectivity index (χ0) is 13.4. The third-order valence-electron chi connectivity index (χ3n) is 3.73. The van der Waals surface area contributed by atoms with Crippen LogP contribution in [0, 0.1) is 6.92 Å². The van der Waals surface area contributed by atoms with Crippen molar-refractivity contribution in [3.63, 3.8) is 0 Å². The van der Waals surface area contributed by atoms with Crippen molar-refractivity contribution in [2.75, 3.05) is 13.1 Å². The summed E-state index contributed by atoms with van der Waals surface area (Å²) in [7, 11) is 0. The molecule has 0 saturated carbocycles. The maximum absolute atomic E-state index is 12.2. The fourth-order valence-electron chi connectivity index (χ4n) is 2.62. The lowest BCUT2D eigenvalue weighted by Gasteiger charge is -2.15. The number of furan rings is 1. The maximum atomic E-state index is 12.2. The van der Waals surface area contributed by atoms with Gasteiger partial charge >= 0.3 is 0 Å². The summed E-state index contributed by atoms with van der Waals surface area (Å²) < 4.78 is 5.52. The van der Waals surface area contributed by atoms with Crippen LogP contribution in [-0.4, -0.2) is 29.9 Å². The summed E-state index contributed by atoms with van der Waals surface area (Å²) in [6, 6.07) is 6.19. The van der Waals surface area contributed by atoms with Gasteiger partial charge in [-0.3, -0.25) is 4.79 Å². The van der Waals surface area contributed by atoms with E-state index in [0.717, 1.165) is 35.1 Å². The van der Waals surface area contributed by atoms with E-state index in [0.29, 0.717) is 13.0 Å². The number of likely N-dealkylation sites (tertiary alicyclic amines) is 1. The molecule has 1 saturated heterocycles. The van der Waals surface area contributed by atoms with E-state index in [1.807, 2.05) is 30.0 Å². The molecule has 4 heteroatoms. The van der Waals surface area contributed by atoms with E-state index in [9.17, 15) is 4.79 Å². The van der Waals surface area contributed by atoms with Crippen LogP contribution in [0.5, 0.6) is 0 Å². The van der Waals surface area contributed by atoms with Gasteiger partial charge in [0.15, 0.2) is 0 Å². The summed E-state index contributed by atoms with van der Waals surface area (Å²) in [6.07, 6.45) is 2.98. The monoisotopic (exact) mass is 258 g/mol. The summed E-state index contributed by atoms with van der Waals surface area (Å²) >= 11 is 0. The maximum Gasteiger partial charge on any atom is 0.227 e. The number of carbonyl (C=O) groups is 1. The van der Waals surface area contributed by atoms with Crippen LogP contribution in [0.3, 0.4) is 0 Å². The average Bonchev–Trinajstić information content (AvgIpc) is 2.96. The molecule has 0 bridgehead atoms. The van der Waals surface area contributed by atoms with Crippen LogP contribution in [0.15, 0.2) is 28.9 Å². The largest absolute Gasteiger partial charge is 0.464 e. The van der Waals surface area contributed by atoms with Gasteiger partial charge in [0.2, 0.25) is 5.91 Å². The molecule has 2 N–H and O–H groups in total. The van der Waals surface area contributed by atoms with Crippen molar-refractivity contribution in [1.29, 1.82) is 0 Å². The van der Waals surface area contributed by atoms with Crippen LogP contribution in [0.25, 0.3) is 11.0 Å². The summed E-state index contributed by atoms with van der Waals surface area (Å²) in [5.41, 5.74) is 8.80. The second-order valence-electron chi connectivity index (χ2n) is 5.33. The van der Waals surface area contributed by atoms with E-state index in [1.165, 1.54) is 0 Å².